The second kappa shape index (κ2) is 8.68. The van der Waals surface area contributed by atoms with Crippen LogP contribution in [0.2, 0.25) is 0 Å². The van der Waals surface area contributed by atoms with Gasteiger partial charge in [0.25, 0.3) is 0 Å². The number of hydrogen-bond donors (Lipinski definition) is 0. The zero-order valence-electron chi connectivity index (χ0n) is 15.3. The SMILES string of the molecule is COc1ccc(C(=O)OCc2cccc(S(=O)(=O)N3CCOCC3)c2)cc1F. The van der Waals surface area contributed by atoms with Gasteiger partial charge in [-0.2, -0.15) is 4.31 Å². The number of sulfonamides is 1. The molecule has 0 radical (unpaired) electrons. The van der Waals surface area contributed by atoms with Crippen molar-refractivity contribution in [3.8, 4) is 5.75 Å². The fourth-order valence-corrected chi connectivity index (χ4v) is 4.24. The summed E-state index contributed by atoms with van der Waals surface area (Å²) in [5.74, 6) is -1.36. The molecule has 0 saturated carbocycles. The van der Waals surface area contributed by atoms with Gasteiger partial charge in [-0.15, -0.1) is 0 Å². The van der Waals surface area contributed by atoms with Gasteiger partial charge in [-0.1, -0.05) is 12.1 Å². The van der Waals surface area contributed by atoms with Crippen LogP contribution < -0.4 is 4.74 Å². The number of carbonyl (C=O) groups is 1. The van der Waals surface area contributed by atoms with E-state index in [1.807, 2.05) is 0 Å². The Bertz CT molecular complexity index is 957. The van der Waals surface area contributed by atoms with E-state index in [0.717, 1.165) is 6.07 Å². The molecule has 28 heavy (non-hydrogen) atoms. The smallest absolute Gasteiger partial charge is 0.338 e. The van der Waals surface area contributed by atoms with Crippen molar-refractivity contribution in [1.29, 1.82) is 0 Å². The summed E-state index contributed by atoms with van der Waals surface area (Å²) >= 11 is 0. The summed E-state index contributed by atoms with van der Waals surface area (Å²) in [7, 11) is -2.31. The van der Waals surface area contributed by atoms with Gasteiger partial charge in [0, 0.05) is 13.1 Å². The molecule has 1 heterocycles. The van der Waals surface area contributed by atoms with Gasteiger partial charge < -0.3 is 14.2 Å². The number of methoxy groups -OCH3 is 1. The first-order chi connectivity index (χ1) is 13.4. The minimum atomic E-state index is -3.64. The average Bonchev–Trinajstić information content (AvgIpc) is 2.72. The second-order valence-electron chi connectivity index (χ2n) is 6.09. The van der Waals surface area contributed by atoms with Crippen LogP contribution in [0.5, 0.6) is 5.75 Å². The van der Waals surface area contributed by atoms with Gasteiger partial charge in [0.2, 0.25) is 10.0 Å². The fraction of sp³-hybridized carbons (Fsp3) is 0.316. The molecule has 2 aromatic carbocycles. The summed E-state index contributed by atoms with van der Waals surface area (Å²) in [5, 5.41) is 0. The summed E-state index contributed by atoms with van der Waals surface area (Å²) in [6, 6.07) is 9.96. The Morgan fingerprint density at radius 2 is 1.93 bits per heavy atom. The number of halogens is 1. The maximum Gasteiger partial charge on any atom is 0.338 e. The summed E-state index contributed by atoms with van der Waals surface area (Å²) in [6.45, 7) is 1.16. The zero-order valence-corrected chi connectivity index (χ0v) is 16.1. The lowest BCUT2D eigenvalue weighted by atomic mass is 10.2. The van der Waals surface area contributed by atoms with Gasteiger partial charge in [0.05, 0.1) is 30.8 Å². The maximum absolute atomic E-state index is 13.7. The van der Waals surface area contributed by atoms with E-state index in [9.17, 15) is 17.6 Å². The Kier molecular flexibility index (Phi) is 6.28. The number of carbonyl (C=O) groups excluding carboxylic acids is 1. The van der Waals surface area contributed by atoms with E-state index in [1.165, 1.54) is 35.7 Å². The Labute approximate surface area is 162 Å². The normalized spacial score (nSPS) is 15.2. The third-order valence-corrected chi connectivity index (χ3v) is 6.16. The van der Waals surface area contributed by atoms with Crippen LogP contribution in [0.1, 0.15) is 15.9 Å². The third kappa shape index (κ3) is 4.49. The molecule has 0 unspecified atom stereocenters. The molecule has 1 aliphatic rings. The summed E-state index contributed by atoms with van der Waals surface area (Å²) in [4.78, 5) is 12.3. The van der Waals surface area contributed by atoms with E-state index >= 15 is 0 Å². The number of ether oxygens (including phenoxy) is 3. The van der Waals surface area contributed by atoms with E-state index in [1.54, 1.807) is 12.1 Å². The van der Waals surface area contributed by atoms with Crippen molar-refractivity contribution in [1.82, 2.24) is 4.31 Å². The highest BCUT2D eigenvalue weighted by Gasteiger charge is 2.26. The quantitative estimate of drug-likeness (QED) is 0.681. The third-order valence-electron chi connectivity index (χ3n) is 4.26. The molecule has 3 rings (SSSR count). The maximum atomic E-state index is 13.7. The lowest BCUT2D eigenvalue weighted by Gasteiger charge is -2.26. The summed E-state index contributed by atoms with van der Waals surface area (Å²) in [5.41, 5.74) is 0.548. The van der Waals surface area contributed by atoms with E-state index < -0.39 is 21.8 Å². The van der Waals surface area contributed by atoms with Crippen LogP contribution in [0.4, 0.5) is 4.39 Å². The minimum Gasteiger partial charge on any atom is -0.494 e. The van der Waals surface area contributed by atoms with Crippen LogP contribution in [0.15, 0.2) is 47.4 Å². The second-order valence-corrected chi connectivity index (χ2v) is 8.03. The van der Waals surface area contributed by atoms with Crippen molar-refractivity contribution in [2.24, 2.45) is 0 Å². The van der Waals surface area contributed by atoms with Crippen molar-refractivity contribution >= 4 is 16.0 Å². The van der Waals surface area contributed by atoms with Gasteiger partial charge in [-0.3, -0.25) is 0 Å². The molecular formula is C19H20FNO6S. The predicted octanol–water partition coefficient (Wildman–Crippen LogP) is 2.21. The van der Waals surface area contributed by atoms with Gasteiger partial charge in [0.15, 0.2) is 11.6 Å². The lowest BCUT2D eigenvalue weighted by Crippen LogP contribution is -2.40. The Hall–Kier alpha value is -2.49. The first-order valence-corrected chi connectivity index (χ1v) is 10.0. The van der Waals surface area contributed by atoms with Crippen LogP contribution in [0.3, 0.4) is 0 Å². The first-order valence-electron chi connectivity index (χ1n) is 8.59. The lowest BCUT2D eigenvalue weighted by molar-refractivity contribution is 0.0472. The molecule has 0 bridgehead atoms. The zero-order chi connectivity index (χ0) is 20.1. The van der Waals surface area contributed by atoms with Crippen LogP contribution >= 0.6 is 0 Å². The first kappa shape index (κ1) is 20.2. The molecule has 1 saturated heterocycles. The van der Waals surface area contributed by atoms with Crippen LogP contribution in [-0.4, -0.2) is 52.1 Å². The predicted molar refractivity (Wildman–Crippen MR) is 98.1 cm³/mol. The minimum absolute atomic E-state index is 0.0255. The number of morpholine rings is 1. The fourth-order valence-electron chi connectivity index (χ4n) is 2.76. The van der Waals surface area contributed by atoms with Crippen molar-refractivity contribution < 1.29 is 31.8 Å². The average molecular weight is 409 g/mol. The number of hydrogen-bond acceptors (Lipinski definition) is 6. The van der Waals surface area contributed by atoms with Crippen molar-refractivity contribution in [2.75, 3.05) is 33.4 Å². The number of benzene rings is 2. The Morgan fingerprint density at radius 1 is 1.18 bits per heavy atom. The Balaban J connectivity index is 1.69. The number of esters is 1. The molecule has 2 aromatic rings. The van der Waals surface area contributed by atoms with E-state index in [4.69, 9.17) is 14.2 Å². The van der Waals surface area contributed by atoms with Crippen LogP contribution in [0.25, 0.3) is 0 Å². The molecule has 0 amide bonds. The highest BCUT2D eigenvalue weighted by Crippen LogP contribution is 2.20. The van der Waals surface area contributed by atoms with Crippen LogP contribution in [0, 0.1) is 5.82 Å². The molecule has 0 spiro atoms. The standard InChI is InChI=1S/C19H20FNO6S/c1-25-18-6-5-15(12-17(18)20)19(22)27-13-14-3-2-4-16(11-14)28(23,24)21-7-9-26-10-8-21/h2-6,11-12H,7-10,13H2,1H3. The summed E-state index contributed by atoms with van der Waals surface area (Å²) < 4.78 is 55.7. The molecule has 0 aromatic heterocycles. The monoisotopic (exact) mass is 409 g/mol. The van der Waals surface area contributed by atoms with E-state index in [0.29, 0.717) is 31.9 Å². The van der Waals surface area contributed by atoms with Gasteiger partial charge in [0.1, 0.15) is 6.61 Å². The van der Waals surface area contributed by atoms with Crippen LogP contribution in [-0.2, 0) is 26.1 Å². The van der Waals surface area contributed by atoms with Crippen molar-refractivity contribution in [3.05, 3.63) is 59.4 Å². The molecule has 1 aliphatic heterocycles. The molecule has 150 valence electrons. The molecule has 9 heteroatoms. The largest absolute Gasteiger partial charge is 0.494 e. The van der Waals surface area contributed by atoms with Gasteiger partial charge in [-0.25, -0.2) is 17.6 Å². The molecular weight excluding hydrogens is 389 g/mol. The molecule has 0 N–H and O–H groups in total. The van der Waals surface area contributed by atoms with E-state index in [-0.39, 0.29) is 22.8 Å². The molecule has 0 atom stereocenters. The topological polar surface area (TPSA) is 82.1 Å². The highest BCUT2D eigenvalue weighted by atomic mass is 32.2. The summed E-state index contributed by atoms with van der Waals surface area (Å²) in [6.07, 6.45) is 0. The van der Waals surface area contributed by atoms with Crippen molar-refractivity contribution in [3.63, 3.8) is 0 Å². The number of rotatable bonds is 6. The molecule has 0 aliphatic carbocycles. The Morgan fingerprint density at radius 3 is 2.61 bits per heavy atom. The molecule has 7 nitrogen and oxygen atoms in total. The molecule has 1 fully saturated rings. The highest BCUT2D eigenvalue weighted by molar-refractivity contribution is 7.89. The number of nitrogens with zero attached hydrogens (tertiary/aromatic N) is 1. The van der Waals surface area contributed by atoms with Crippen molar-refractivity contribution in [2.45, 2.75) is 11.5 Å². The van der Waals surface area contributed by atoms with Gasteiger partial charge >= 0.3 is 5.97 Å². The van der Waals surface area contributed by atoms with Gasteiger partial charge in [-0.05, 0) is 35.9 Å². The van der Waals surface area contributed by atoms with E-state index in [2.05, 4.69) is 0 Å².